The van der Waals surface area contributed by atoms with Crippen LogP contribution in [0, 0.1) is 0 Å². The normalized spacial score (nSPS) is 30.0. The zero-order valence-corrected chi connectivity index (χ0v) is 20.4. The van der Waals surface area contributed by atoms with Crippen LogP contribution >= 0.6 is 0 Å². The Morgan fingerprint density at radius 1 is 1.32 bits per heavy atom. The Morgan fingerprint density at radius 3 is 2.74 bits per heavy atom. The van der Waals surface area contributed by atoms with Crippen LogP contribution in [0.25, 0.3) is 0 Å². The monoisotopic (exact) mass is 479 g/mol. The average molecular weight is 480 g/mol. The van der Waals surface area contributed by atoms with Crippen molar-refractivity contribution < 1.29 is 27.8 Å². The van der Waals surface area contributed by atoms with Crippen molar-refractivity contribution in [3.05, 3.63) is 59.4 Å². The van der Waals surface area contributed by atoms with E-state index >= 15 is 0 Å². The van der Waals surface area contributed by atoms with E-state index in [1.807, 2.05) is 0 Å². The Morgan fingerprint density at radius 2 is 2.06 bits per heavy atom. The maximum absolute atomic E-state index is 12.8. The summed E-state index contributed by atoms with van der Waals surface area (Å²) in [6, 6.07) is 0. The van der Waals surface area contributed by atoms with Gasteiger partial charge in [-0.1, -0.05) is 24.8 Å². The van der Waals surface area contributed by atoms with Gasteiger partial charge < -0.3 is 14.7 Å². The fourth-order valence-electron chi connectivity index (χ4n) is 5.20. The molecule has 1 N–H and O–H groups in total. The third-order valence-corrected chi connectivity index (χ3v) is 7.35. The Bertz CT molecular complexity index is 926. The summed E-state index contributed by atoms with van der Waals surface area (Å²) in [4.78, 5) is 13.8. The minimum Gasteiger partial charge on any atom is -0.458 e. The van der Waals surface area contributed by atoms with Crippen LogP contribution in [0.1, 0.15) is 72.1 Å². The SMILES string of the molecule is C=C1/C(=C\C=C2/CCC[C@]3(C)C(CC/C=C/[C@@](C)(O)C(F)(F)F)=CCN23)CCC[C@@H]1OC(C)=O. The minimum atomic E-state index is -4.68. The van der Waals surface area contributed by atoms with Gasteiger partial charge in [-0.05, 0) is 94.1 Å². The highest BCUT2D eigenvalue weighted by Crippen LogP contribution is 2.44. The van der Waals surface area contributed by atoms with E-state index in [2.05, 4.69) is 36.6 Å². The number of hydrogen-bond acceptors (Lipinski definition) is 4. The van der Waals surface area contributed by atoms with Crippen LogP contribution in [0.2, 0.25) is 0 Å². The Labute approximate surface area is 200 Å². The molecular formula is C27H36F3NO3. The van der Waals surface area contributed by atoms with Gasteiger partial charge in [0.2, 0.25) is 0 Å². The van der Waals surface area contributed by atoms with Gasteiger partial charge in [-0.25, -0.2) is 0 Å². The maximum atomic E-state index is 12.8. The highest BCUT2D eigenvalue weighted by molar-refractivity contribution is 5.66. The molecule has 3 aliphatic rings. The first kappa shape index (κ1) is 26.3. The molecule has 0 aromatic carbocycles. The smallest absolute Gasteiger partial charge is 0.420 e. The second kappa shape index (κ2) is 10.1. The topological polar surface area (TPSA) is 49.8 Å². The number of nitrogens with zero attached hydrogens (tertiary/aromatic N) is 1. The van der Waals surface area contributed by atoms with E-state index in [1.54, 1.807) is 0 Å². The zero-order valence-electron chi connectivity index (χ0n) is 20.4. The van der Waals surface area contributed by atoms with E-state index in [-0.39, 0.29) is 17.6 Å². The molecule has 0 amide bonds. The number of allylic oxidation sites excluding steroid dienone is 4. The second-order valence-corrected chi connectivity index (χ2v) is 9.92. The molecule has 34 heavy (non-hydrogen) atoms. The predicted molar refractivity (Wildman–Crippen MR) is 127 cm³/mol. The van der Waals surface area contributed by atoms with Crippen molar-refractivity contribution in [3.8, 4) is 0 Å². The van der Waals surface area contributed by atoms with Crippen LogP contribution in [-0.2, 0) is 9.53 Å². The molecule has 3 atom stereocenters. The largest absolute Gasteiger partial charge is 0.458 e. The predicted octanol–water partition coefficient (Wildman–Crippen LogP) is 6.30. The summed E-state index contributed by atoms with van der Waals surface area (Å²) in [5.41, 5.74) is 1.51. The fraction of sp³-hybridized carbons (Fsp3) is 0.593. The van der Waals surface area contributed by atoms with Gasteiger partial charge in [0.25, 0.3) is 0 Å². The summed E-state index contributed by atoms with van der Waals surface area (Å²) in [5, 5.41) is 9.58. The Balaban J connectivity index is 1.66. The third-order valence-electron chi connectivity index (χ3n) is 7.35. The van der Waals surface area contributed by atoms with Crippen molar-refractivity contribution in [1.82, 2.24) is 4.90 Å². The third kappa shape index (κ3) is 5.68. The number of halogens is 3. The Hall–Kier alpha value is -2.28. The van der Waals surface area contributed by atoms with E-state index in [1.165, 1.54) is 24.3 Å². The van der Waals surface area contributed by atoms with Crippen molar-refractivity contribution in [2.75, 3.05) is 6.54 Å². The van der Waals surface area contributed by atoms with Gasteiger partial charge >= 0.3 is 12.1 Å². The van der Waals surface area contributed by atoms with Crippen LogP contribution in [-0.4, -0.2) is 45.9 Å². The van der Waals surface area contributed by atoms with Crippen LogP contribution in [0.4, 0.5) is 13.2 Å². The molecule has 2 fully saturated rings. The first-order valence-electron chi connectivity index (χ1n) is 12.1. The number of ether oxygens (including phenoxy) is 1. The lowest BCUT2D eigenvalue weighted by atomic mass is 9.81. The van der Waals surface area contributed by atoms with Crippen LogP contribution in [0.15, 0.2) is 59.4 Å². The first-order valence-corrected chi connectivity index (χ1v) is 12.1. The maximum Gasteiger partial charge on any atom is 0.420 e. The zero-order chi connectivity index (χ0) is 25.1. The van der Waals surface area contributed by atoms with Crippen LogP contribution in [0.5, 0.6) is 0 Å². The summed E-state index contributed by atoms with van der Waals surface area (Å²) in [7, 11) is 0. The highest BCUT2D eigenvalue weighted by Gasteiger charge is 2.48. The molecule has 1 aliphatic carbocycles. The quantitative estimate of drug-likeness (QED) is 0.359. The number of rotatable bonds is 6. The van der Waals surface area contributed by atoms with E-state index in [9.17, 15) is 23.1 Å². The molecule has 7 heteroatoms. The van der Waals surface area contributed by atoms with Gasteiger partial charge in [-0.3, -0.25) is 4.79 Å². The van der Waals surface area contributed by atoms with E-state index in [0.29, 0.717) is 12.8 Å². The number of hydrogen-bond donors (Lipinski definition) is 1. The fourth-order valence-corrected chi connectivity index (χ4v) is 5.20. The summed E-state index contributed by atoms with van der Waals surface area (Å²) >= 11 is 0. The lowest BCUT2D eigenvalue weighted by Gasteiger charge is -2.45. The number of aliphatic hydroxyl groups is 1. The van der Waals surface area contributed by atoms with Gasteiger partial charge in [-0.2, -0.15) is 13.2 Å². The lowest BCUT2D eigenvalue weighted by Crippen LogP contribution is -2.45. The van der Waals surface area contributed by atoms with Gasteiger partial charge in [0.15, 0.2) is 5.60 Å². The van der Waals surface area contributed by atoms with E-state index in [4.69, 9.17) is 4.74 Å². The molecule has 188 valence electrons. The molecule has 3 rings (SSSR count). The molecule has 0 radical (unpaired) electrons. The summed E-state index contributed by atoms with van der Waals surface area (Å²) in [5.74, 6) is -0.290. The van der Waals surface area contributed by atoms with Crippen molar-refractivity contribution in [2.24, 2.45) is 0 Å². The van der Waals surface area contributed by atoms with Gasteiger partial charge in [0.1, 0.15) is 6.10 Å². The molecule has 2 aliphatic heterocycles. The number of carbonyl (C=O) groups excluding carboxylic acids is 1. The molecule has 0 bridgehead atoms. The molecule has 0 aromatic rings. The molecule has 0 aromatic heterocycles. The standard InChI is InChI=1S/C27H36F3NO3/c1-19-21(9-7-12-24(19)34-20(2)32)13-14-23-11-8-16-25(3)22(15-18-31(23)25)10-5-6-17-26(4,33)27(28,29)30/h6,13-15,17,24,33H,1,5,7-12,16,18H2,2-4H3/b17-6+,21-13-,23-14+/t24-,25+,26+/m0/s1. The number of alkyl halides is 3. The summed E-state index contributed by atoms with van der Waals surface area (Å²) in [6.07, 6.45) is 10.6. The lowest BCUT2D eigenvalue weighted by molar-refractivity contribution is -0.232. The molecular weight excluding hydrogens is 443 g/mol. The van der Waals surface area contributed by atoms with Crippen LogP contribution in [0.3, 0.4) is 0 Å². The van der Waals surface area contributed by atoms with Gasteiger partial charge in [0.05, 0.1) is 5.54 Å². The van der Waals surface area contributed by atoms with E-state index < -0.39 is 11.8 Å². The average Bonchev–Trinajstić information content (AvgIpc) is 3.07. The summed E-state index contributed by atoms with van der Waals surface area (Å²) < 4.78 is 43.9. The number of piperidine rings is 1. The first-order chi connectivity index (χ1) is 15.8. The second-order valence-electron chi connectivity index (χ2n) is 9.92. The van der Waals surface area contributed by atoms with E-state index in [0.717, 1.165) is 69.2 Å². The van der Waals surface area contributed by atoms with Crippen molar-refractivity contribution >= 4 is 5.97 Å². The Kier molecular flexibility index (Phi) is 7.85. The number of fused-ring (bicyclic) bond motifs is 1. The van der Waals surface area contributed by atoms with Gasteiger partial charge in [0, 0.05) is 19.2 Å². The van der Waals surface area contributed by atoms with Crippen molar-refractivity contribution in [2.45, 2.75) is 95.6 Å². The van der Waals surface area contributed by atoms with Crippen LogP contribution < -0.4 is 0 Å². The van der Waals surface area contributed by atoms with Crippen molar-refractivity contribution in [3.63, 3.8) is 0 Å². The molecule has 2 heterocycles. The number of carbonyl (C=O) groups is 1. The highest BCUT2D eigenvalue weighted by atomic mass is 19.4. The molecule has 0 unspecified atom stereocenters. The molecule has 4 nitrogen and oxygen atoms in total. The van der Waals surface area contributed by atoms with Crippen molar-refractivity contribution in [1.29, 1.82) is 0 Å². The van der Waals surface area contributed by atoms with Gasteiger partial charge in [-0.15, -0.1) is 0 Å². The summed E-state index contributed by atoms with van der Waals surface area (Å²) in [6.45, 7) is 9.34. The molecule has 1 saturated carbocycles. The minimum absolute atomic E-state index is 0.146. The number of esters is 1. The molecule has 1 saturated heterocycles. The molecule has 0 spiro atoms.